The van der Waals surface area contributed by atoms with Crippen LogP contribution in [-0.4, -0.2) is 29.6 Å². The van der Waals surface area contributed by atoms with Crippen molar-refractivity contribution < 1.29 is 0 Å². The van der Waals surface area contributed by atoms with E-state index in [9.17, 15) is 0 Å². The Hall–Kier alpha value is 0.270. The first-order valence-electron chi connectivity index (χ1n) is 6.33. The predicted octanol–water partition coefficient (Wildman–Crippen LogP) is 1.99. The summed E-state index contributed by atoms with van der Waals surface area (Å²) in [5.41, 5.74) is 6.19. The van der Waals surface area contributed by atoms with Crippen LogP contribution in [0.15, 0.2) is 0 Å². The number of nitrogens with one attached hydrogen (secondary N) is 1. The van der Waals surface area contributed by atoms with Gasteiger partial charge < -0.3 is 11.1 Å². The van der Waals surface area contributed by atoms with Crippen molar-refractivity contribution in [3.8, 4) is 0 Å². The minimum absolute atomic E-state index is 0.244. The van der Waals surface area contributed by atoms with Gasteiger partial charge >= 0.3 is 0 Å². The first kappa shape index (κ1) is 11.7. The SMILES string of the molecule is CC1SCCC1(CN)NCCC1CCC1. The van der Waals surface area contributed by atoms with Gasteiger partial charge in [0.2, 0.25) is 0 Å². The maximum absolute atomic E-state index is 5.95. The van der Waals surface area contributed by atoms with E-state index >= 15 is 0 Å². The van der Waals surface area contributed by atoms with Crippen molar-refractivity contribution in [3.63, 3.8) is 0 Å². The Morgan fingerprint density at radius 1 is 1.47 bits per heavy atom. The highest BCUT2D eigenvalue weighted by atomic mass is 32.2. The third-order valence-corrected chi connectivity index (χ3v) is 5.70. The quantitative estimate of drug-likeness (QED) is 0.756. The number of hydrogen-bond donors (Lipinski definition) is 2. The van der Waals surface area contributed by atoms with Crippen LogP contribution in [-0.2, 0) is 0 Å². The lowest BCUT2D eigenvalue weighted by Crippen LogP contribution is -2.55. The predicted molar refractivity (Wildman–Crippen MR) is 68.3 cm³/mol. The van der Waals surface area contributed by atoms with Crippen molar-refractivity contribution >= 4 is 11.8 Å². The zero-order chi connectivity index (χ0) is 10.7. The van der Waals surface area contributed by atoms with Crippen LogP contribution < -0.4 is 11.1 Å². The Morgan fingerprint density at radius 2 is 2.27 bits per heavy atom. The van der Waals surface area contributed by atoms with Crippen LogP contribution in [0.2, 0.25) is 0 Å². The Bertz CT molecular complexity index is 206. The lowest BCUT2D eigenvalue weighted by atomic mass is 9.82. The summed E-state index contributed by atoms with van der Waals surface area (Å²) >= 11 is 2.06. The zero-order valence-corrected chi connectivity index (χ0v) is 10.6. The van der Waals surface area contributed by atoms with Crippen molar-refractivity contribution in [2.75, 3.05) is 18.8 Å². The third-order valence-electron chi connectivity index (χ3n) is 4.31. The lowest BCUT2D eigenvalue weighted by molar-refractivity contribution is 0.263. The molecule has 2 aliphatic rings. The molecule has 0 aromatic carbocycles. The normalized spacial score (nSPS) is 36.8. The maximum Gasteiger partial charge on any atom is 0.0429 e. The Labute approximate surface area is 97.8 Å². The van der Waals surface area contributed by atoms with Gasteiger partial charge in [-0.2, -0.15) is 11.8 Å². The van der Waals surface area contributed by atoms with E-state index in [0.717, 1.165) is 12.5 Å². The molecule has 1 aliphatic heterocycles. The summed E-state index contributed by atoms with van der Waals surface area (Å²) in [4.78, 5) is 0. The minimum Gasteiger partial charge on any atom is -0.329 e. The maximum atomic E-state index is 5.95. The molecule has 3 heteroatoms. The first-order valence-corrected chi connectivity index (χ1v) is 7.38. The van der Waals surface area contributed by atoms with Gasteiger partial charge in [0.25, 0.3) is 0 Å². The average Bonchev–Trinajstić information content (AvgIpc) is 2.53. The molecule has 1 aliphatic carbocycles. The smallest absolute Gasteiger partial charge is 0.0429 e. The summed E-state index contributed by atoms with van der Waals surface area (Å²) in [5.74, 6) is 2.28. The molecule has 3 N–H and O–H groups in total. The van der Waals surface area contributed by atoms with E-state index in [-0.39, 0.29) is 5.54 Å². The molecule has 0 spiro atoms. The van der Waals surface area contributed by atoms with E-state index in [2.05, 4.69) is 24.0 Å². The second kappa shape index (κ2) is 5.07. The van der Waals surface area contributed by atoms with Gasteiger partial charge in [0.1, 0.15) is 0 Å². The van der Waals surface area contributed by atoms with E-state index in [1.807, 2.05) is 0 Å². The Kier molecular flexibility index (Phi) is 3.97. The molecule has 88 valence electrons. The van der Waals surface area contributed by atoms with Crippen molar-refractivity contribution in [2.24, 2.45) is 11.7 Å². The van der Waals surface area contributed by atoms with Gasteiger partial charge in [0.05, 0.1) is 0 Å². The molecule has 15 heavy (non-hydrogen) atoms. The molecule has 0 amide bonds. The van der Waals surface area contributed by atoms with Gasteiger partial charge in [-0.3, -0.25) is 0 Å². The van der Waals surface area contributed by atoms with Crippen LogP contribution in [0.4, 0.5) is 0 Å². The highest BCUT2D eigenvalue weighted by molar-refractivity contribution is 8.00. The molecule has 0 aromatic rings. The van der Waals surface area contributed by atoms with Crippen molar-refractivity contribution in [3.05, 3.63) is 0 Å². The van der Waals surface area contributed by atoms with Crippen molar-refractivity contribution in [2.45, 2.75) is 49.8 Å². The molecule has 2 fully saturated rings. The molecule has 2 unspecified atom stereocenters. The van der Waals surface area contributed by atoms with Crippen LogP contribution in [0.3, 0.4) is 0 Å². The minimum atomic E-state index is 0.244. The first-order chi connectivity index (χ1) is 7.27. The van der Waals surface area contributed by atoms with Gasteiger partial charge in [-0.25, -0.2) is 0 Å². The molecule has 0 radical (unpaired) electrons. The average molecular weight is 228 g/mol. The summed E-state index contributed by atoms with van der Waals surface area (Å²) in [6.07, 6.45) is 6.99. The number of thioether (sulfide) groups is 1. The van der Waals surface area contributed by atoms with Gasteiger partial charge in [0, 0.05) is 17.3 Å². The highest BCUT2D eigenvalue weighted by Crippen LogP contribution is 2.35. The van der Waals surface area contributed by atoms with Crippen LogP contribution >= 0.6 is 11.8 Å². The van der Waals surface area contributed by atoms with E-state index in [4.69, 9.17) is 5.73 Å². The van der Waals surface area contributed by atoms with Crippen LogP contribution in [0.1, 0.15) is 39.0 Å². The van der Waals surface area contributed by atoms with E-state index in [0.29, 0.717) is 5.25 Å². The molecular weight excluding hydrogens is 204 g/mol. The monoisotopic (exact) mass is 228 g/mol. The topological polar surface area (TPSA) is 38.0 Å². The van der Waals surface area contributed by atoms with E-state index in [1.165, 1.54) is 44.4 Å². The summed E-state index contributed by atoms with van der Waals surface area (Å²) in [6, 6.07) is 0. The van der Waals surface area contributed by atoms with Crippen LogP contribution in [0.5, 0.6) is 0 Å². The molecule has 0 aromatic heterocycles. The third kappa shape index (κ3) is 2.51. The second-order valence-electron chi connectivity index (χ2n) is 5.14. The van der Waals surface area contributed by atoms with E-state index < -0.39 is 0 Å². The summed E-state index contributed by atoms with van der Waals surface area (Å²) in [6.45, 7) is 4.29. The number of rotatable bonds is 5. The fraction of sp³-hybridized carbons (Fsp3) is 1.00. The van der Waals surface area contributed by atoms with Crippen LogP contribution in [0, 0.1) is 5.92 Å². The molecule has 1 heterocycles. The van der Waals surface area contributed by atoms with Crippen LogP contribution in [0.25, 0.3) is 0 Å². The molecule has 2 atom stereocenters. The summed E-state index contributed by atoms with van der Waals surface area (Å²) in [5, 5.41) is 4.43. The summed E-state index contributed by atoms with van der Waals surface area (Å²) < 4.78 is 0. The molecule has 2 nitrogen and oxygen atoms in total. The number of hydrogen-bond acceptors (Lipinski definition) is 3. The largest absolute Gasteiger partial charge is 0.329 e. The lowest BCUT2D eigenvalue weighted by Gasteiger charge is -2.34. The van der Waals surface area contributed by atoms with Gasteiger partial charge in [0.15, 0.2) is 0 Å². The molecule has 1 saturated heterocycles. The molecule has 2 rings (SSSR count). The van der Waals surface area contributed by atoms with Gasteiger partial charge in [-0.05, 0) is 31.1 Å². The number of nitrogens with two attached hydrogens (primary N) is 1. The Balaban J connectivity index is 1.74. The van der Waals surface area contributed by atoms with Crippen molar-refractivity contribution in [1.82, 2.24) is 5.32 Å². The fourth-order valence-corrected chi connectivity index (χ4v) is 4.11. The molecule has 1 saturated carbocycles. The van der Waals surface area contributed by atoms with E-state index in [1.54, 1.807) is 0 Å². The van der Waals surface area contributed by atoms with Gasteiger partial charge in [-0.1, -0.05) is 26.2 Å². The molecular formula is C12H24N2S. The fourth-order valence-electron chi connectivity index (χ4n) is 2.66. The molecule has 0 bridgehead atoms. The zero-order valence-electron chi connectivity index (χ0n) is 9.80. The second-order valence-corrected chi connectivity index (χ2v) is 6.58. The summed E-state index contributed by atoms with van der Waals surface area (Å²) in [7, 11) is 0. The van der Waals surface area contributed by atoms with Gasteiger partial charge in [-0.15, -0.1) is 0 Å². The highest BCUT2D eigenvalue weighted by Gasteiger charge is 2.39. The Morgan fingerprint density at radius 3 is 2.73 bits per heavy atom. The van der Waals surface area contributed by atoms with Crippen molar-refractivity contribution in [1.29, 1.82) is 0 Å². The standard InChI is InChI=1S/C12H24N2S/c1-10-12(9-13,6-8-15-10)14-7-5-11-3-2-4-11/h10-11,14H,2-9,13H2,1H3.